The minimum absolute atomic E-state index is 0.0851. The minimum atomic E-state index is -0.861. The molecule has 1 atom stereocenters. The van der Waals surface area contributed by atoms with E-state index >= 15 is 0 Å². The van der Waals surface area contributed by atoms with Crippen LogP contribution in [0.1, 0.15) is 38.1 Å². The first-order valence-corrected chi connectivity index (χ1v) is 16.5. The number of aromatic nitrogens is 3. The molecule has 2 aromatic heterocycles. The van der Waals surface area contributed by atoms with Gasteiger partial charge in [0.2, 0.25) is 17.7 Å². The number of benzene rings is 2. The highest BCUT2D eigenvalue weighted by Gasteiger charge is 2.33. The van der Waals surface area contributed by atoms with E-state index in [0.717, 1.165) is 25.9 Å². The Morgan fingerprint density at radius 2 is 1.61 bits per heavy atom. The number of pyridine rings is 1. The van der Waals surface area contributed by atoms with E-state index in [1.807, 2.05) is 9.91 Å². The van der Waals surface area contributed by atoms with Crippen molar-refractivity contribution in [3.05, 3.63) is 82.7 Å². The van der Waals surface area contributed by atoms with Crippen LogP contribution in [0.15, 0.2) is 65.5 Å². The second-order valence-corrected chi connectivity index (χ2v) is 12.1. The van der Waals surface area contributed by atoms with E-state index in [4.69, 9.17) is 14.5 Å². The molecule has 13 nitrogen and oxygen atoms in total. The Labute approximate surface area is 283 Å². The van der Waals surface area contributed by atoms with E-state index in [1.165, 1.54) is 54.5 Å². The molecule has 2 fully saturated rings. The molecular weight excluding hydrogens is 631 g/mol. The summed E-state index contributed by atoms with van der Waals surface area (Å²) in [7, 11) is 2.91. The molecule has 1 unspecified atom stereocenters. The normalized spacial score (nSPS) is 15.9. The number of piperazine rings is 1. The summed E-state index contributed by atoms with van der Waals surface area (Å²) < 4.78 is 26.1. The van der Waals surface area contributed by atoms with Crippen molar-refractivity contribution in [3.8, 4) is 11.8 Å². The molecule has 2 aromatic carbocycles. The minimum Gasteiger partial charge on any atom is -0.481 e. The summed E-state index contributed by atoms with van der Waals surface area (Å²) in [4.78, 5) is 56.5. The summed E-state index contributed by atoms with van der Waals surface area (Å²) >= 11 is 0. The molecule has 49 heavy (non-hydrogen) atoms. The maximum Gasteiger partial charge on any atom is 0.327 e. The number of halogens is 1. The predicted octanol–water partition coefficient (Wildman–Crippen LogP) is 4.01. The summed E-state index contributed by atoms with van der Waals surface area (Å²) in [6.07, 6.45) is 3.42. The molecule has 0 bridgehead atoms. The Kier molecular flexibility index (Phi) is 10.2. The van der Waals surface area contributed by atoms with Crippen LogP contribution in [0.2, 0.25) is 0 Å². The van der Waals surface area contributed by atoms with Crippen LogP contribution in [-0.4, -0.2) is 96.4 Å². The first kappa shape index (κ1) is 33.7. The van der Waals surface area contributed by atoms with E-state index in [1.54, 1.807) is 43.3 Å². The van der Waals surface area contributed by atoms with Crippen LogP contribution in [-0.2, 0) is 4.79 Å². The van der Waals surface area contributed by atoms with Crippen molar-refractivity contribution in [2.45, 2.75) is 32.2 Å². The Balaban J connectivity index is 1.37. The molecule has 0 saturated carbocycles. The molecule has 1 N–H and O–H groups in total. The molecule has 3 amide bonds. The van der Waals surface area contributed by atoms with Crippen LogP contribution < -0.4 is 30.3 Å². The number of methoxy groups -OCH3 is 2. The molecule has 2 aliphatic heterocycles. The number of piperidine rings is 1. The van der Waals surface area contributed by atoms with Crippen LogP contribution in [0.5, 0.6) is 11.8 Å². The highest BCUT2D eigenvalue weighted by molar-refractivity contribution is 6.03. The van der Waals surface area contributed by atoms with Crippen molar-refractivity contribution < 1.29 is 23.5 Å². The first-order valence-electron chi connectivity index (χ1n) is 16.5. The smallest absolute Gasteiger partial charge is 0.327 e. The number of urea groups is 1. The van der Waals surface area contributed by atoms with Gasteiger partial charge in [0.25, 0.3) is 5.56 Å². The molecule has 14 heteroatoms. The molecule has 2 aliphatic rings. The number of nitrogens with zero attached hydrogens (tertiary/aromatic N) is 7. The van der Waals surface area contributed by atoms with Crippen LogP contribution in [0.3, 0.4) is 0 Å². The SMILES string of the molecule is COc1ccc(N(C(=O)Nc2ccc(F)cc2)C(C)c2nc3ccccc3c(=O)n2N2CCN(C(=O)CN3CCCCC3)CC2)c(OC)n1. The number of hydrogen-bond acceptors (Lipinski definition) is 9. The summed E-state index contributed by atoms with van der Waals surface area (Å²) in [6, 6.07) is 14.3. The molecular formula is C35H41FN8O5. The quantitative estimate of drug-likeness (QED) is 0.281. The molecule has 0 aliphatic carbocycles. The van der Waals surface area contributed by atoms with Gasteiger partial charge in [-0.2, -0.15) is 4.98 Å². The summed E-state index contributed by atoms with van der Waals surface area (Å²) in [5.41, 5.74) is 0.828. The molecule has 4 aromatic rings. The van der Waals surface area contributed by atoms with Crippen molar-refractivity contribution in [1.29, 1.82) is 0 Å². The van der Waals surface area contributed by atoms with Crippen molar-refractivity contribution in [1.82, 2.24) is 24.4 Å². The first-order chi connectivity index (χ1) is 23.8. The summed E-state index contributed by atoms with van der Waals surface area (Å²) in [6.45, 7) is 5.68. The lowest BCUT2D eigenvalue weighted by molar-refractivity contribution is -0.133. The lowest BCUT2D eigenvalue weighted by Crippen LogP contribution is -2.58. The van der Waals surface area contributed by atoms with E-state index in [0.29, 0.717) is 55.1 Å². The third-order valence-electron chi connectivity index (χ3n) is 9.03. The van der Waals surface area contributed by atoms with Gasteiger partial charge in [-0.05, 0) is 75.3 Å². The standard InChI is InChI=1S/C35H41FN8O5/c1-24(43(29-15-16-30(48-2)39-33(29)49-3)35(47)37-26-13-11-25(36)12-14-26)32-38-28-10-6-5-9-27(28)34(46)44(32)42-21-19-41(20-22-42)31(45)23-40-17-7-4-8-18-40/h5-6,9-16,24H,4,7-8,17-23H2,1-3H3,(H,37,47). The van der Waals surface area contributed by atoms with E-state index in [-0.39, 0.29) is 28.9 Å². The number of carbonyl (C=O) groups is 2. The Morgan fingerprint density at radius 3 is 2.31 bits per heavy atom. The van der Waals surface area contributed by atoms with Crippen LogP contribution in [0, 0.1) is 5.82 Å². The van der Waals surface area contributed by atoms with Crippen LogP contribution in [0.4, 0.5) is 20.6 Å². The third-order valence-corrected chi connectivity index (χ3v) is 9.03. The number of rotatable bonds is 9. The number of anilines is 2. The predicted molar refractivity (Wildman–Crippen MR) is 184 cm³/mol. The van der Waals surface area contributed by atoms with Gasteiger partial charge in [0.05, 0.1) is 50.8 Å². The second-order valence-electron chi connectivity index (χ2n) is 12.1. The average molecular weight is 673 g/mol. The van der Waals surface area contributed by atoms with E-state index in [9.17, 15) is 18.8 Å². The average Bonchev–Trinajstić information content (AvgIpc) is 3.13. The van der Waals surface area contributed by atoms with E-state index in [2.05, 4.69) is 15.2 Å². The van der Waals surface area contributed by atoms with Crippen molar-refractivity contribution in [3.63, 3.8) is 0 Å². The van der Waals surface area contributed by atoms with Crippen LogP contribution in [0.25, 0.3) is 10.9 Å². The number of fused-ring (bicyclic) bond motifs is 1. The fourth-order valence-electron chi connectivity index (χ4n) is 6.43. The molecule has 0 radical (unpaired) electrons. The number of nitrogens with one attached hydrogen (secondary N) is 1. The summed E-state index contributed by atoms with van der Waals surface area (Å²) in [5.74, 6) is 0.323. The lowest BCUT2D eigenvalue weighted by Gasteiger charge is -2.39. The van der Waals surface area contributed by atoms with Gasteiger partial charge in [0.15, 0.2) is 5.82 Å². The monoisotopic (exact) mass is 672 g/mol. The van der Waals surface area contributed by atoms with Gasteiger partial charge in [-0.1, -0.05) is 18.6 Å². The van der Waals surface area contributed by atoms with Crippen molar-refractivity contribution >= 4 is 34.2 Å². The zero-order valence-electron chi connectivity index (χ0n) is 28.0. The fourth-order valence-corrected chi connectivity index (χ4v) is 6.43. The van der Waals surface area contributed by atoms with Crippen LogP contribution >= 0.6 is 0 Å². The number of amides is 3. The van der Waals surface area contributed by atoms with Gasteiger partial charge in [0, 0.05) is 24.8 Å². The largest absolute Gasteiger partial charge is 0.481 e. The van der Waals surface area contributed by atoms with Gasteiger partial charge < -0.3 is 24.7 Å². The van der Waals surface area contributed by atoms with Gasteiger partial charge in [-0.15, -0.1) is 0 Å². The Morgan fingerprint density at radius 1 is 0.898 bits per heavy atom. The van der Waals surface area contributed by atoms with Gasteiger partial charge in [0.1, 0.15) is 11.5 Å². The second kappa shape index (κ2) is 14.9. The highest BCUT2D eigenvalue weighted by atomic mass is 19.1. The Hall–Kier alpha value is -5.24. The molecule has 2 saturated heterocycles. The fraction of sp³-hybridized carbons (Fsp3) is 0.400. The number of para-hydroxylation sites is 1. The number of likely N-dealkylation sites (tertiary alicyclic amines) is 1. The summed E-state index contributed by atoms with van der Waals surface area (Å²) in [5, 5.41) is 5.14. The van der Waals surface area contributed by atoms with Gasteiger partial charge in [-0.25, -0.2) is 18.8 Å². The van der Waals surface area contributed by atoms with Gasteiger partial charge >= 0.3 is 6.03 Å². The van der Waals surface area contributed by atoms with Crippen molar-refractivity contribution in [2.75, 3.05) is 75.3 Å². The number of ether oxygens (including phenoxy) is 2. The number of hydrogen-bond donors (Lipinski definition) is 1. The van der Waals surface area contributed by atoms with E-state index < -0.39 is 17.9 Å². The maximum absolute atomic E-state index is 14.3. The van der Waals surface area contributed by atoms with Crippen molar-refractivity contribution in [2.24, 2.45) is 0 Å². The zero-order chi connectivity index (χ0) is 34.5. The molecule has 0 spiro atoms. The molecule has 4 heterocycles. The third kappa shape index (κ3) is 7.28. The lowest BCUT2D eigenvalue weighted by atomic mass is 10.1. The molecule has 258 valence electrons. The Bertz CT molecular complexity index is 1860. The maximum atomic E-state index is 14.3. The van der Waals surface area contributed by atoms with Gasteiger partial charge in [-0.3, -0.25) is 19.4 Å². The molecule has 6 rings (SSSR count). The highest BCUT2D eigenvalue weighted by Crippen LogP contribution is 2.35. The number of carbonyl (C=O) groups excluding carboxylic acids is 2. The topological polar surface area (TPSA) is 125 Å². The zero-order valence-corrected chi connectivity index (χ0v) is 28.0.